The van der Waals surface area contributed by atoms with Crippen LogP contribution >= 0.6 is 0 Å². The van der Waals surface area contributed by atoms with Gasteiger partial charge in [0.25, 0.3) is 0 Å². The standard InChI is InChI=1S/C10H15NO5/c1-5(6-2-3-6)9(14)11-7(10(15)16)4-8(12)13/h5-7H,2-4H2,1H3,(H,11,14)(H,12,13)(H,15,16)/t5?,7-/m0/s1. The fraction of sp³-hybridized carbons (Fsp3) is 0.700. The lowest BCUT2D eigenvalue weighted by atomic mass is 10.0. The quantitative estimate of drug-likeness (QED) is 0.598. The summed E-state index contributed by atoms with van der Waals surface area (Å²) in [7, 11) is 0. The number of hydrogen-bond acceptors (Lipinski definition) is 3. The van der Waals surface area contributed by atoms with Crippen molar-refractivity contribution in [2.45, 2.75) is 32.2 Å². The van der Waals surface area contributed by atoms with Crippen LogP contribution in [0.25, 0.3) is 0 Å². The molecule has 0 bridgehead atoms. The van der Waals surface area contributed by atoms with Crippen molar-refractivity contribution in [1.29, 1.82) is 0 Å². The number of carbonyl (C=O) groups excluding carboxylic acids is 1. The Hall–Kier alpha value is -1.59. The normalized spacial score (nSPS) is 18.6. The molecule has 0 aromatic heterocycles. The Kier molecular flexibility index (Phi) is 3.87. The minimum absolute atomic E-state index is 0.240. The van der Waals surface area contributed by atoms with Crippen molar-refractivity contribution >= 4 is 17.8 Å². The van der Waals surface area contributed by atoms with Gasteiger partial charge in [0.1, 0.15) is 6.04 Å². The van der Waals surface area contributed by atoms with Crippen LogP contribution in [0.3, 0.4) is 0 Å². The molecule has 0 aromatic rings. The molecule has 1 unspecified atom stereocenters. The number of nitrogens with one attached hydrogen (secondary N) is 1. The van der Waals surface area contributed by atoms with Gasteiger partial charge in [-0.05, 0) is 18.8 Å². The van der Waals surface area contributed by atoms with Crippen LogP contribution in [0.5, 0.6) is 0 Å². The molecule has 6 heteroatoms. The highest BCUT2D eigenvalue weighted by atomic mass is 16.4. The molecule has 16 heavy (non-hydrogen) atoms. The number of carboxylic acid groups (broad SMARTS) is 2. The second kappa shape index (κ2) is 4.96. The predicted molar refractivity (Wildman–Crippen MR) is 53.7 cm³/mol. The third-order valence-corrected chi connectivity index (χ3v) is 2.74. The number of rotatable bonds is 6. The topological polar surface area (TPSA) is 104 Å². The lowest BCUT2D eigenvalue weighted by Gasteiger charge is -2.15. The molecule has 1 fully saturated rings. The third-order valence-electron chi connectivity index (χ3n) is 2.74. The summed E-state index contributed by atoms with van der Waals surface area (Å²) < 4.78 is 0. The van der Waals surface area contributed by atoms with Crippen LogP contribution in [0.4, 0.5) is 0 Å². The molecule has 2 atom stereocenters. The molecule has 1 aliphatic carbocycles. The zero-order valence-electron chi connectivity index (χ0n) is 8.97. The van der Waals surface area contributed by atoms with Crippen molar-refractivity contribution in [1.82, 2.24) is 5.32 Å². The summed E-state index contributed by atoms with van der Waals surface area (Å²) in [4.78, 5) is 32.7. The average molecular weight is 229 g/mol. The highest BCUT2D eigenvalue weighted by Crippen LogP contribution is 2.36. The minimum Gasteiger partial charge on any atom is -0.481 e. The molecular weight excluding hydrogens is 214 g/mol. The molecule has 0 heterocycles. The van der Waals surface area contributed by atoms with Crippen molar-refractivity contribution in [2.75, 3.05) is 0 Å². The Balaban J connectivity index is 2.49. The SMILES string of the molecule is CC(C(=O)N[C@@H](CC(=O)O)C(=O)O)C1CC1. The van der Waals surface area contributed by atoms with E-state index in [0.717, 1.165) is 12.8 Å². The first-order valence-electron chi connectivity index (χ1n) is 5.16. The maximum Gasteiger partial charge on any atom is 0.326 e. The van der Waals surface area contributed by atoms with E-state index in [9.17, 15) is 14.4 Å². The summed E-state index contributed by atoms with van der Waals surface area (Å²) in [6.45, 7) is 1.73. The Bertz CT molecular complexity index is 310. The van der Waals surface area contributed by atoms with E-state index in [1.54, 1.807) is 6.92 Å². The van der Waals surface area contributed by atoms with Gasteiger partial charge in [0.2, 0.25) is 5.91 Å². The zero-order valence-corrected chi connectivity index (χ0v) is 8.97. The first-order chi connectivity index (χ1) is 7.41. The Morgan fingerprint density at radius 1 is 1.31 bits per heavy atom. The van der Waals surface area contributed by atoms with E-state index in [2.05, 4.69) is 5.32 Å². The van der Waals surface area contributed by atoms with E-state index >= 15 is 0 Å². The van der Waals surface area contributed by atoms with Gasteiger partial charge in [0.15, 0.2) is 0 Å². The summed E-state index contributed by atoms with van der Waals surface area (Å²) in [6, 6.07) is -1.34. The van der Waals surface area contributed by atoms with Crippen LogP contribution in [-0.2, 0) is 14.4 Å². The summed E-state index contributed by atoms with van der Waals surface area (Å²) in [6.07, 6.45) is 1.36. The predicted octanol–water partition coefficient (Wildman–Crippen LogP) is 0.0766. The average Bonchev–Trinajstić information content (AvgIpc) is 2.97. The van der Waals surface area contributed by atoms with Gasteiger partial charge in [-0.25, -0.2) is 4.79 Å². The van der Waals surface area contributed by atoms with Gasteiger partial charge in [0.05, 0.1) is 6.42 Å². The van der Waals surface area contributed by atoms with Crippen LogP contribution in [0.2, 0.25) is 0 Å². The van der Waals surface area contributed by atoms with Gasteiger partial charge < -0.3 is 15.5 Å². The van der Waals surface area contributed by atoms with E-state index in [1.165, 1.54) is 0 Å². The molecular formula is C10H15NO5. The molecule has 0 aliphatic heterocycles. The molecule has 1 amide bonds. The van der Waals surface area contributed by atoms with E-state index < -0.39 is 24.4 Å². The molecule has 1 rings (SSSR count). The van der Waals surface area contributed by atoms with Crippen LogP contribution in [0.15, 0.2) is 0 Å². The highest BCUT2D eigenvalue weighted by Gasteiger charge is 2.34. The fourth-order valence-corrected chi connectivity index (χ4v) is 1.49. The lowest BCUT2D eigenvalue weighted by Crippen LogP contribution is -2.44. The highest BCUT2D eigenvalue weighted by molar-refractivity contribution is 5.87. The molecule has 3 N–H and O–H groups in total. The number of amides is 1. The van der Waals surface area contributed by atoms with Gasteiger partial charge in [-0.3, -0.25) is 9.59 Å². The summed E-state index contributed by atoms with van der Waals surface area (Å²) in [5.74, 6) is -2.86. The molecule has 6 nitrogen and oxygen atoms in total. The van der Waals surface area contributed by atoms with Crippen molar-refractivity contribution in [3.63, 3.8) is 0 Å². The molecule has 1 aliphatic rings. The monoisotopic (exact) mass is 229 g/mol. The zero-order chi connectivity index (χ0) is 12.3. The molecule has 90 valence electrons. The second-order valence-electron chi connectivity index (χ2n) is 4.12. The van der Waals surface area contributed by atoms with Crippen molar-refractivity contribution in [2.24, 2.45) is 11.8 Å². The number of hydrogen-bond donors (Lipinski definition) is 3. The van der Waals surface area contributed by atoms with Crippen LogP contribution in [-0.4, -0.2) is 34.1 Å². The van der Waals surface area contributed by atoms with Gasteiger partial charge >= 0.3 is 11.9 Å². The summed E-state index contributed by atoms with van der Waals surface area (Å²) in [5, 5.41) is 19.5. The van der Waals surface area contributed by atoms with Crippen molar-refractivity contribution < 1.29 is 24.6 Å². The van der Waals surface area contributed by atoms with Gasteiger partial charge in [-0.2, -0.15) is 0 Å². The van der Waals surface area contributed by atoms with E-state index in [1.807, 2.05) is 0 Å². The molecule has 0 saturated heterocycles. The van der Waals surface area contributed by atoms with Crippen LogP contribution < -0.4 is 5.32 Å². The van der Waals surface area contributed by atoms with Crippen LogP contribution in [0.1, 0.15) is 26.2 Å². The first kappa shape index (κ1) is 12.5. The van der Waals surface area contributed by atoms with E-state index in [4.69, 9.17) is 10.2 Å². The maximum atomic E-state index is 11.6. The molecule has 1 saturated carbocycles. The lowest BCUT2D eigenvalue weighted by molar-refractivity contribution is -0.147. The van der Waals surface area contributed by atoms with Crippen LogP contribution in [0, 0.1) is 11.8 Å². The van der Waals surface area contributed by atoms with E-state index in [-0.39, 0.29) is 11.8 Å². The number of aliphatic carboxylic acids is 2. The Labute approximate surface area is 92.6 Å². The Morgan fingerprint density at radius 3 is 2.25 bits per heavy atom. The smallest absolute Gasteiger partial charge is 0.326 e. The van der Waals surface area contributed by atoms with Gasteiger partial charge in [-0.1, -0.05) is 6.92 Å². The summed E-state index contributed by atoms with van der Waals surface area (Å²) >= 11 is 0. The maximum absolute atomic E-state index is 11.6. The summed E-state index contributed by atoms with van der Waals surface area (Å²) in [5.41, 5.74) is 0. The number of carboxylic acids is 2. The third kappa shape index (κ3) is 3.52. The van der Waals surface area contributed by atoms with E-state index in [0.29, 0.717) is 5.92 Å². The molecule has 0 spiro atoms. The van der Waals surface area contributed by atoms with Crippen molar-refractivity contribution in [3.8, 4) is 0 Å². The minimum atomic E-state index is -1.34. The molecule has 0 aromatic carbocycles. The van der Waals surface area contributed by atoms with Crippen molar-refractivity contribution in [3.05, 3.63) is 0 Å². The largest absolute Gasteiger partial charge is 0.481 e. The van der Waals surface area contributed by atoms with Gasteiger partial charge in [-0.15, -0.1) is 0 Å². The number of carbonyl (C=O) groups is 3. The first-order valence-corrected chi connectivity index (χ1v) is 5.16. The second-order valence-corrected chi connectivity index (χ2v) is 4.12. The Morgan fingerprint density at radius 2 is 1.88 bits per heavy atom. The fourth-order valence-electron chi connectivity index (χ4n) is 1.49. The molecule has 0 radical (unpaired) electrons. The van der Waals surface area contributed by atoms with Gasteiger partial charge in [0, 0.05) is 5.92 Å².